The summed E-state index contributed by atoms with van der Waals surface area (Å²) in [4.78, 5) is 33.5. The summed E-state index contributed by atoms with van der Waals surface area (Å²) in [6, 6.07) is 5.60. The highest BCUT2D eigenvalue weighted by molar-refractivity contribution is 5.74. The van der Waals surface area contributed by atoms with Gasteiger partial charge in [-0.3, -0.25) is 14.9 Å². The maximum atomic E-state index is 12.0. The number of ether oxygens (including phenoxy) is 3. The van der Waals surface area contributed by atoms with Gasteiger partial charge in [0.1, 0.15) is 6.33 Å². The van der Waals surface area contributed by atoms with Gasteiger partial charge >= 0.3 is 11.7 Å². The molecule has 0 amide bonds. The van der Waals surface area contributed by atoms with Crippen LogP contribution in [-0.2, 0) is 16.0 Å². The summed E-state index contributed by atoms with van der Waals surface area (Å²) < 4.78 is 15.7. The molecule has 0 spiro atoms. The topological polar surface area (TPSA) is 129 Å². The third-order valence-corrected chi connectivity index (χ3v) is 5.55. The number of carbonyl (C=O) groups excluding carboxylic acids is 1. The van der Waals surface area contributed by atoms with Crippen molar-refractivity contribution in [3.8, 4) is 11.5 Å². The number of benzene rings is 1. The summed E-state index contributed by atoms with van der Waals surface area (Å²) >= 11 is 0. The molecule has 33 heavy (non-hydrogen) atoms. The number of aromatic nitrogens is 2. The van der Waals surface area contributed by atoms with Gasteiger partial charge in [0.15, 0.2) is 11.5 Å². The molecular weight excluding hydrogens is 430 g/mol. The van der Waals surface area contributed by atoms with Crippen LogP contribution in [0.25, 0.3) is 0 Å². The summed E-state index contributed by atoms with van der Waals surface area (Å²) in [6.45, 7) is 3.50. The maximum absolute atomic E-state index is 12.0. The van der Waals surface area contributed by atoms with E-state index < -0.39 is 4.92 Å². The van der Waals surface area contributed by atoms with Crippen molar-refractivity contribution in [1.29, 1.82) is 0 Å². The second-order valence-corrected chi connectivity index (χ2v) is 7.53. The number of hydrogen-bond acceptors (Lipinski definition) is 10. The minimum Gasteiger partial charge on any atom is -0.493 e. The zero-order chi connectivity index (χ0) is 23.8. The number of anilines is 2. The normalized spacial score (nSPS) is 14.0. The molecule has 0 saturated carbocycles. The SMILES string of the molecule is CCOC(=O)C1CCN(c2ncnc(NCCc3ccc(OC)c(OC)c3)c2[N+](=O)[O-])CC1. The van der Waals surface area contributed by atoms with E-state index in [1.807, 2.05) is 23.1 Å². The summed E-state index contributed by atoms with van der Waals surface area (Å²) in [7, 11) is 3.14. The van der Waals surface area contributed by atoms with Crippen LogP contribution in [-0.4, -0.2) is 61.3 Å². The quantitative estimate of drug-likeness (QED) is 0.322. The lowest BCUT2D eigenvalue weighted by molar-refractivity contribution is -0.383. The van der Waals surface area contributed by atoms with Crippen molar-refractivity contribution in [1.82, 2.24) is 9.97 Å². The van der Waals surface area contributed by atoms with Crippen molar-refractivity contribution in [3.05, 3.63) is 40.2 Å². The number of esters is 1. The van der Waals surface area contributed by atoms with E-state index in [-0.39, 0.29) is 29.2 Å². The molecule has 11 nitrogen and oxygen atoms in total. The van der Waals surface area contributed by atoms with Crippen molar-refractivity contribution >= 4 is 23.3 Å². The van der Waals surface area contributed by atoms with Crippen LogP contribution in [0, 0.1) is 16.0 Å². The lowest BCUT2D eigenvalue weighted by Crippen LogP contribution is -2.37. The Morgan fingerprint density at radius 2 is 1.94 bits per heavy atom. The van der Waals surface area contributed by atoms with E-state index in [2.05, 4.69) is 15.3 Å². The van der Waals surface area contributed by atoms with Gasteiger partial charge in [-0.2, -0.15) is 0 Å². The number of methoxy groups -OCH3 is 2. The molecule has 0 bridgehead atoms. The number of carbonyl (C=O) groups is 1. The monoisotopic (exact) mass is 459 g/mol. The molecule has 0 atom stereocenters. The van der Waals surface area contributed by atoms with Crippen LogP contribution in [0.3, 0.4) is 0 Å². The Balaban J connectivity index is 1.68. The molecule has 1 fully saturated rings. The molecule has 0 radical (unpaired) electrons. The van der Waals surface area contributed by atoms with Crippen molar-refractivity contribution < 1.29 is 23.9 Å². The Labute approximate surface area is 192 Å². The molecule has 2 heterocycles. The molecule has 0 unspecified atom stereocenters. The molecule has 178 valence electrons. The van der Waals surface area contributed by atoms with E-state index in [1.165, 1.54) is 6.33 Å². The van der Waals surface area contributed by atoms with Crippen LogP contribution < -0.4 is 19.7 Å². The fourth-order valence-electron chi connectivity index (χ4n) is 3.85. The average molecular weight is 460 g/mol. The van der Waals surface area contributed by atoms with E-state index in [9.17, 15) is 14.9 Å². The van der Waals surface area contributed by atoms with E-state index in [1.54, 1.807) is 21.1 Å². The van der Waals surface area contributed by atoms with Gasteiger partial charge in [0, 0.05) is 19.6 Å². The van der Waals surface area contributed by atoms with Crippen LogP contribution in [0.5, 0.6) is 11.5 Å². The summed E-state index contributed by atoms with van der Waals surface area (Å²) in [6.07, 6.45) is 3.03. The highest BCUT2D eigenvalue weighted by Crippen LogP contribution is 2.34. The van der Waals surface area contributed by atoms with Crippen molar-refractivity contribution in [2.24, 2.45) is 5.92 Å². The van der Waals surface area contributed by atoms with E-state index in [4.69, 9.17) is 14.2 Å². The zero-order valence-electron chi connectivity index (χ0n) is 19.1. The van der Waals surface area contributed by atoms with Crippen LogP contribution in [0.4, 0.5) is 17.3 Å². The fourth-order valence-corrected chi connectivity index (χ4v) is 3.85. The number of piperidine rings is 1. The van der Waals surface area contributed by atoms with E-state index >= 15 is 0 Å². The molecule has 1 aromatic heterocycles. The molecule has 1 aliphatic heterocycles. The van der Waals surface area contributed by atoms with Gasteiger partial charge in [-0.1, -0.05) is 6.07 Å². The minimum absolute atomic E-state index is 0.165. The first-order valence-corrected chi connectivity index (χ1v) is 10.8. The van der Waals surface area contributed by atoms with Crippen molar-refractivity contribution in [2.45, 2.75) is 26.2 Å². The third-order valence-electron chi connectivity index (χ3n) is 5.55. The molecule has 1 N–H and O–H groups in total. The Morgan fingerprint density at radius 1 is 1.21 bits per heavy atom. The van der Waals surface area contributed by atoms with Gasteiger partial charge in [-0.15, -0.1) is 0 Å². The lowest BCUT2D eigenvalue weighted by Gasteiger charge is -2.31. The highest BCUT2D eigenvalue weighted by atomic mass is 16.6. The Kier molecular flexibility index (Phi) is 8.22. The number of rotatable bonds is 10. The van der Waals surface area contributed by atoms with Crippen molar-refractivity contribution in [3.63, 3.8) is 0 Å². The number of hydrogen-bond donors (Lipinski definition) is 1. The highest BCUT2D eigenvalue weighted by Gasteiger charge is 2.32. The molecule has 1 aliphatic rings. The average Bonchev–Trinajstić information content (AvgIpc) is 2.83. The van der Waals surface area contributed by atoms with E-state index in [0.29, 0.717) is 57.0 Å². The number of nitrogens with one attached hydrogen (secondary N) is 1. The number of nitrogens with zero attached hydrogens (tertiary/aromatic N) is 4. The summed E-state index contributed by atoms with van der Waals surface area (Å²) in [5.41, 5.74) is 0.817. The first-order valence-electron chi connectivity index (χ1n) is 10.8. The smallest absolute Gasteiger partial charge is 0.353 e. The molecular formula is C22H29N5O6. The largest absolute Gasteiger partial charge is 0.493 e. The van der Waals surface area contributed by atoms with Gasteiger partial charge in [-0.25, -0.2) is 9.97 Å². The second kappa shape index (κ2) is 11.3. The van der Waals surface area contributed by atoms with Crippen LogP contribution in [0.1, 0.15) is 25.3 Å². The summed E-state index contributed by atoms with van der Waals surface area (Å²) in [5, 5.41) is 15.0. The lowest BCUT2D eigenvalue weighted by atomic mass is 9.97. The van der Waals surface area contributed by atoms with Crippen LogP contribution >= 0.6 is 0 Å². The zero-order valence-corrected chi connectivity index (χ0v) is 19.1. The predicted molar refractivity (Wildman–Crippen MR) is 122 cm³/mol. The predicted octanol–water partition coefficient (Wildman–Crippen LogP) is 2.84. The Morgan fingerprint density at radius 3 is 2.58 bits per heavy atom. The maximum Gasteiger partial charge on any atom is 0.353 e. The first kappa shape index (κ1) is 24.0. The molecule has 0 aliphatic carbocycles. The van der Waals surface area contributed by atoms with Crippen LogP contribution in [0.15, 0.2) is 24.5 Å². The van der Waals surface area contributed by atoms with Gasteiger partial charge in [-0.05, 0) is 43.9 Å². The molecule has 11 heteroatoms. The Bertz CT molecular complexity index is 978. The molecule has 1 saturated heterocycles. The van der Waals surface area contributed by atoms with E-state index in [0.717, 1.165) is 5.56 Å². The molecule has 2 aromatic rings. The molecule has 3 rings (SSSR count). The number of nitro groups is 1. The van der Waals surface area contributed by atoms with Gasteiger partial charge in [0.2, 0.25) is 11.6 Å². The minimum atomic E-state index is -0.467. The second-order valence-electron chi connectivity index (χ2n) is 7.53. The third kappa shape index (κ3) is 5.79. The van der Waals surface area contributed by atoms with Gasteiger partial charge < -0.3 is 24.4 Å². The summed E-state index contributed by atoms with van der Waals surface area (Å²) in [5.74, 6) is 1.27. The van der Waals surface area contributed by atoms with Gasteiger partial charge in [0.05, 0.1) is 31.7 Å². The van der Waals surface area contributed by atoms with Crippen LogP contribution in [0.2, 0.25) is 0 Å². The van der Waals surface area contributed by atoms with Crippen molar-refractivity contribution in [2.75, 3.05) is 50.7 Å². The fraction of sp³-hybridized carbons (Fsp3) is 0.500. The standard InChI is InChI=1S/C22H29N5O6/c1-4-33-22(28)16-8-11-26(12-9-16)21-19(27(29)30)20(24-14-25-21)23-10-7-15-5-6-17(31-2)18(13-15)32-3/h5-6,13-14,16H,4,7-12H2,1-3H3,(H,23,24,25). The first-order chi connectivity index (χ1) is 16.0. The van der Waals surface area contributed by atoms with Gasteiger partial charge in [0.25, 0.3) is 0 Å². The Hall–Kier alpha value is -3.63. The molecule has 1 aromatic carbocycles.